The number of aromatic nitrogens is 1. The molecule has 0 saturated heterocycles. The van der Waals surface area contributed by atoms with Crippen molar-refractivity contribution in [2.45, 2.75) is 18.6 Å². The Labute approximate surface area is 81.8 Å². The fourth-order valence-electron chi connectivity index (χ4n) is 1.10. The predicted octanol–water partition coefficient (Wildman–Crippen LogP) is -0.470. The topological polar surface area (TPSA) is 99.6 Å². The SMILES string of the molecule is NCCC(O)C(O)c1ccc(O)cn1. The van der Waals surface area contributed by atoms with Gasteiger partial charge in [-0.05, 0) is 25.1 Å². The first-order valence-corrected chi connectivity index (χ1v) is 4.36. The Morgan fingerprint density at radius 3 is 2.57 bits per heavy atom. The summed E-state index contributed by atoms with van der Waals surface area (Å²) < 4.78 is 0. The van der Waals surface area contributed by atoms with E-state index in [9.17, 15) is 10.2 Å². The Hall–Kier alpha value is -1.17. The third-order valence-corrected chi connectivity index (χ3v) is 1.90. The highest BCUT2D eigenvalue weighted by Crippen LogP contribution is 2.18. The molecule has 0 aliphatic rings. The van der Waals surface area contributed by atoms with E-state index >= 15 is 0 Å². The van der Waals surface area contributed by atoms with Crippen LogP contribution in [0.2, 0.25) is 0 Å². The molecule has 0 saturated carbocycles. The van der Waals surface area contributed by atoms with Crippen molar-refractivity contribution in [3.8, 4) is 5.75 Å². The van der Waals surface area contributed by atoms with Gasteiger partial charge >= 0.3 is 0 Å². The molecule has 2 atom stereocenters. The number of hydrogen-bond donors (Lipinski definition) is 4. The van der Waals surface area contributed by atoms with Gasteiger partial charge in [-0.2, -0.15) is 0 Å². The maximum atomic E-state index is 9.56. The molecule has 78 valence electrons. The van der Waals surface area contributed by atoms with Crippen LogP contribution in [0.25, 0.3) is 0 Å². The van der Waals surface area contributed by atoms with E-state index in [1.807, 2.05) is 0 Å². The molecule has 0 aromatic carbocycles. The van der Waals surface area contributed by atoms with Gasteiger partial charge in [0.15, 0.2) is 0 Å². The first-order chi connectivity index (χ1) is 6.65. The lowest BCUT2D eigenvalue weighted by molar-refractivity contribution is 0.0124. The van der Waals surface area contributed by atoms with Gasteiger partial charge in [0.2, 0.25) is 0 Å². The minimum atomic E-state index is -1.06. The molecule has 1 aromatic heterocycles. The summed E-state index contributed by atoms with van der Waals surface area (Å²) in [6, 6.07) is 2.86. The average Bonchev–Trinajstić information content (AvgIpc) is 2.18. The summed E-state index contributed by atoms with van der Waals surface area (Å²) in [5.41, 5.74) is 5.56. The summed E-state index contributed by atoms with van der Waals surface area (Å²) in [5.74, 6) is 0.0225. The van der Waals surface area contributed by atoms with Crippen LogP contribution < -0.4 is 5.73 Å². The van der Waals surface area contributed by atoms with Crippen LogP contribution >= 0.6 is 0 Å². The lowest BCUT2D eigenvalue weighted by atomic mass is 10.1. The van der Waals surface area contributed by atoms with Gasteiger partial charge in [-0.1, -0.05) is 0 Å². The number of nitrogens with two attached hydrogens (primary N) is 1. The van der Waals surface area contributed by atoms with Crippen LogP contribution in [-0.2, 0) is 0 Å². The summed E-state index contributed by atoms with van der Waals surface area (Å²) in [4.78, 5) is 3.78. The Morgan fingerprint density at radius 2 is 2.07 bits per heavy atom. The molecular weight excluding hydrogens is 184 g/mol. The Bertz CT molecular complexity index is 276. The zero-order valence-electron chi connectivity index (χ0n) is 7.67. The lowest BCUT2D eigenvalue weighted by Gasteiger charge is -2.16. The van der Waals surface area contributed by atoms with Gasteiger partial charge in [0.25, 0.3) is 0 Å². The van der Waals surface area contributed by atoms with E-state index in [-0.39, 0.29) is 5.75 Å². The average molecular weight is 198 g/mol. The first kappa shape index (κ1) is 10.9. The molecule has 2 unspecified atom stereocenters. The Morgan fingerprint density at radius 1 is 1.36 bits per heavy atom. The molecule has 1 heterocycles. The van der Waals surface area contributed by atoms with Crippen molar-refractivity contribution in [3.63, 3.8) is 0 Å². The number of hydrogen-bond acceptors (Lipinski definition) is 5. The van der Waals surface area contributed by atoms with E-state index in [0.29, 0.717) is 18.7 Å². The largest absolute Gasteiger partial charge is 0.506 e. The van der Waals surface area contributed by atoms with Crippen LogP contribution in [0.1, 0.15) is 18.2 Å². The van der Waals surface area contributed by atoms with Gasteiger partial charge in [0, 0.05) is 0 Å². The van der Waals surface area contributed by atoms with Crippen molar-refractivity contribution >= 4 is 0 Å². The summed E-state index contributed by atoms with van der Waals surface area (Å²) in [5, 5.41) is 27.9. The highest BCUT2D eigenvalue weighted by atomic mass is 16.3. The number of rotatable bonds is 4. The fourth-order valence-corrected chi connectivity index (χ4v) is 1.10. The smallest absolute Gasteiger partial charge is 0.133 e. The molecule has 0 fully saturated rings. The standard InChI is InChI=1S/C9H14N2O3/c10-4-3-8(13)9(14)7-2-1-6(12)5-11-7/h1-2,5,8-9,12-14H,3-4,10H2. The van der Waals surface area contributed by atoms with Crippen LogP contribution in [0.5, 0.6) is 5.75 Å². The van der Waals surface area contributed by atoms with Crippen molar-refractivity contribution in [1.29, 1.82) is 0 Å². The van der Waals surface area contributed by atoms with Gasteiger partial charge in [-0.3, -0.25) is 4.98 Å². The number of aliphatic hydroxyl groups is 2. The van der Waals surface area contributed by atoms with Crippen molar-refractivity contribution in [2.24, 2.45) is 5.73 Å². The van der Waals surface area contributed by atoms with Crippen LogP contribution in [-0.4, -0.2) is 33.0 Å². The van der Waals surface area contributed by atoms with E-state index in [1.54, 1.807) is 0 Å². The lowest BCUT2D eigenvalue weighted by Crippen LogP contribution is -2.22. The minimum absolute atomic E-state index is 0.0225. The monoisotopic (exact) mass is 198 g/mol. The number of aromatic hydroxyl groups is 1. The molecule has 0 amide bonds. The maximum Gasteiger partial charge on any atom is 0.133 e. The zero-order valence-corrected chi connectivity index (χ0v) is 7.67. The Balaban J connectivity index is 2.68. The van der Waals surface area contributed by atoms with Crippen molar-refractivity contribution in [3.05, 3.63) is 24.0 Å². The zero-order chi connectivity index (χ0) is 10.6. The Kier molecular flexibility index (Phi) is 3.82. The van der Waals surface area contributed by atoms with E-state index in [2.05, 4.69) is 4.98 Å². The minimum Gasteiger partial charge on any atom is -0.506 e. The van der Waals surface area contributed by atoms with Gasteiger partial charge in [-0.15, -0.1) is 0 Å². The van der Waals surface area contributed by atoms with Crippen LogP contribution in [0.3, 0.4) is 0 Å². The molecule has 0 aliphatic heterocycles. The highest BCUT2D eigenvalue weighted by Gasteiger charge is 2.18. The van der Waals surface area contributed by atoms with Crippen LogP contribution in [0.4, 0.5) is 0 Å². The fraction of sp³-hybridized carbons (Fsp3) is 0.444. The molecular formula is C9H14N2O3. The first-order valence-electron chi connectivity index (χ1n) is 4.36. The van der Waals surface area contributed by atoms with E-state index < -0.39 is 12.2 Å². The predicted molar refractivity (Wildman–Crippen MR) is 50.5 cm³/mol. The van der Waals surface area contributed by atoms with Gasteiger partial charge in [0.05, 0.1) is 18.0 Å². The van der Waals surface area contributed by atoms with Crippen LogP contribution in [0, 0.1) is 0 Å². The molecule has 0 aliphatic carbocycles. The summed E-state index contributed by atoms with van der Waals surface area (Å²) in [7, 11) is 0. The number of pyridine rings is 1. The summed E-state index contributed by atoms with van der Waals surface area (Å²) in [6.07, 6.45) is -0.451. The number of aliphatic hydroxyl groups excluding tert-OH is 2. The second-order valence-electron chi connectivity index (χ2n) is 3.03. The van der Waals surface area contributed by atoms with Gasteiger partial charge in [0.1, 0.15) is 11.9 Å². The third kappa shape index (κ3) is 2.66. The van der Waals surface area contributed by atoms with E-state index in [1.165, 1.54) is 18.3 Å². The molecule has 1 aromatic rings. The quantitative estimate of drug-likeness (QED) is 0.524. The molecule has 5 heteroatoms. The molecule has 0 bridgehead atoms. The van der Waals surface area contributed by atoms with Crippen LogP contribution in [0.15, 0.2) is 18.3 Å². The molecule has 5 nitrogen and oxygen atoms in total. The highest BCUT2D eigenvalue weighted by molar-refractivity contribution is 5.19. The van der Waals surface area contributed by atoms with Crippen molar-refractivity contribution < 1.29 is 15.3 Å². The second kappa shape index (κ2) is 4.90. The van der Waals surface area contributed by atoms with Gasteiger partial charge in [-0.25, -0.2) is 0 Å². The summed E-state index contributed by atoms with van der Waals surface area (Å²) in [6.45, 7) is 0.302. The summed E-state index contributed by atoms with van der Waals surface area (Å²) >= 11 is 0. The third-order valence-electron chi connectivity index (χ3n) is 1.90. The molecule has 1 rings (SSSR count). The normalized spacial score (nSPS) is 15.1. The van der Waals surface area contributed by atoms with Gasteiger partial charge < -0.3 is 21.1 Å². The second-order valence-corrected chi connectivity index (χ2v) is 3.03. The molecule has 0 radical (unpaired) electrons. The maximum absolute atomic E-state index is 9.56. The number of nitrogens with zero attached hydrogens (tertiary/aromatic N) is 1. The molecule has 14 heavy (non-hydrogen) atoms. The van der Waals surface area contributed by atoms with Crippen molar-refractivity contribution in [2.75, 3.05) is 6.54 Å². The molecule has 5 N–H and O–H groups in total. The van der Waals surface area contributed by atoms with E-state index in [0.717, 1.165) is 0 Å². The molecule has 0 spiro atoms. The van der Waals surface area contributed by atoms with E-state index in [4.69, 9.17) is 10.8 Å². The van der Waals surface area contributed by atoms with Crippen molar-refractivity contribution in [1.82, 2.24) is 4.98 Å².